The van der Waals surface area contributed by atoms with E-state index in [0.717, 1.165) is 5.01 Å². The Bertz CT molecular complexity index is 72.1. The van der Waals surface area contributed by atoms with Crippen molar-refractivity contribution < 1.29 is 4.79 Å². The van der Waals surface area contributed by atoms with Gasteiger partial charge in [-0.1, -0.05) is 0 Å². The minimum atomic E-state index is -0.0949. The van der Waals surface area contributed by atoms with Crippen molar-refractivity contribution in [2.24, 2.45) is 5.84 Å². The molecule has 0 fully saturated rings. The first kappa shape index (κ1) is 6.43. The molecule has 0 atom stereocenters. The van der Waals surface area contributed by atoms with Crippen LogP contribution < -0.4 is 5.84 Å². The second kappa shape index (κ2) is 2.58. The van der Waals surface area contributed by atoms with Gasteiger partial charge < -0.3 is 0 Å². The van der Waals surface area contributed by atoms with E-state index >= 15 is 0 Å². The molecule has 0 heterocycles. The molecule has 0 saturated heterocycles. The molecule has 0 aromatic carbocycles. The van der Waals surface area contributed by atoms with E-state index in [1.54, 1.807) is 0 Å². The summed E-state index contributed by atoms with van der Waals surface area (Å²) >= 11 is 0. The van der Waals surface area contributed by atoms with Crippen LogP contribution in [-0.4, -0.2) is 17.5 Å². The van der Waals surface area contributed by atoms with Gasteiger partial charge >= 0.3 is 0 Å². The van der Waals surface area contributed by atoms with Gasteiger partial charge in [0.25, 0.3) is 0 Å². The summed E-state index contributed by atoms with van der Waals surface area (Å²) in [6.45, 7) is 3.83. The zero-order valence-electron chi connectivity index (χ0n) is 4.64. The molecule has 0 aromatic rings. The third kappa shape index (κ3) is 2.17. The van der Waals surface area contributed by atoms with E-state index in [4.69, 9.17) is 5.84 Å². The van der Waals surface area contributed by atoms with Crippen molar-refractivity contribution in [1.82, 2.24) is 5.01 Å². The molecule has 3 nitrogen and oxygen atoms in total. The number of nitrogens with two attached hydrogens (primary N) is 1. The second-order valence-corrected chi connectivity index (χ2v) is 1.31. The highest BCUT2D eigenvalue weighted by Gasteiger charge is 1.94. The van der Waals surface area contributed by atoms with Crippen molar-refractivity contribution in [3.05, 3.63) is 0 Å². The predicted molar refractivity (Wildman–Crippen MR) is 27.2 cm³/mol. The summed E-state index contributed by atoms with van der Waals surface area (Å²) < 4.78 is 0. The fraction of sp³-hybridized carbons (Fsp3) is 0.750. The quantitative estimate of drug-likeness (QED) is 0.281. The third-order valence-electron chi connectivity index (χ3n) is 0.745. The zero-order chi connectivity index (χ0) is 5.86. The maximum absolute atomic E-state index is 10.2. The summed E-state index contributed by atoms with van der Waals surface area (Å²) in [6.07, 6.45) is 0. The number of nitrogens with zero attached hydrogens (tertiary/aromatic N) is 1. The minimum Gasteiger partial charge on any atom is -0.281 e. The van der Waals surface area contributed by atoms with Gasteiger partial charge in [-0.25, -0.2) is 5.84 Å². The molecule has 3 heteroatoms. The molecule has 0 spiro atoms. The molecule has 7 heavy (non-hydrogen) atoms. The molecule has 0 saturated carbocycles. The molecule has 0 bridgehead atoms. The Morgan fingerprint density at radius 2 is 2.29 bits per heavy atom. The Kier molecular flexibility index (Phi) is 2.37. The first-order valence-electron chi connectivity index (χ1n) is 2.21. The molecular formula is C4H10N2O. The molecular weight excluding hydrogens is 92.1 g/mol. The summed E-state index contributed by atoms with van der Waals surface area (Å²) in [5, 5.41) is 1.15. The lowest BCUT2D eigenvalue weighted by Gasteiger charge is -2.08. The summed E-state index contributed by atoms with van der Waals surface area (Å²) in [5.74, 6) is 5.00. The van der Waals surface area contributed by atoms with Crippen LogP contribution in [0.4, 0.5) is 0 Å². The maximum atomic E-state index is 10.2. The summed E-state index contributed by atoms with van der Waals surface area (Å²) in [4.78, 5) is 10.2. The Labute approximate surface area is 43.1 Å². The van der Waals surface area contributed by atoms with E-state index in [-0.39, 0.29) is 5.91 Å². The van der Waals surface area contributed by atoms with Crippen LogP contribution >= 0.6 is 0 Å². The van der Waals surface area contributed by atoms with Crippen LogP contribution in [-0.2, 0) is 4.79 Å². The van der Waals surface area contributed by atoms with E-state index in [1.807, 2.05) is 6.92 Å². The predicted octanol–water partition coefficient (Wildman–Crippen LogP) is -0.272. The van der Waals surface area contributed by atoms with Crippen LogP contribution in [0.3, 0.4) is 0 Å². The fourth-order valence-corrected chi connectivity index (χ4v) is 0.223. The van der Waals surface area contributed by atoms with Crippen LogP contribution in [0.1, 0.15) is 13.8 Å². The standard InChI is InChI=1S/C4H10N2O/c1-3-6(5)4(2)7/h3,5H2,1-2H3. The van der Waals surface area contributed by atoms with Gasteiger partial charge in [0, 0.05) is 13.5 Å². The first-order valence-corrected chi connectivity index (χ1v) is 2.21. The minimum absolute atomic E-state index is 0.0949. The van der Waals surface area contributed by atoms with Gasteiger partial charge in [-0.2, -0.15) is 0 Å². The maximum Gasteiger partial charge on any atom is 0.233 e. The monoisotopic (exact) mass is 102 g/mol. The highest BCUT2D eigenvalue weighted by molar-refractivity contribution is 5.72. The van der Waals surface area contributed by atoms with E-state index in [2.05, 4.69) is 0 Å². The van der Waals surface area contributed by atoms with Crippen LogP contribution in [0.25, 0.3) is 0 Å². The van der Waals surface area contributed by atoms with E-state index in [1.165, 1.54) is 6.92 Å². The highest BCUT2D eigenvalue weighted by atomic mass is 16.2. The lowest BCUT2D eigenvalue weighted by Crippen LogP contribution is -2.34. The normalized spacial score (nSPS) is 8.43. The highest BCUT2D eigenvalue weighted by Crippen LogP contribution is 1.73. The average molecular weight is 102 g/mol. The Balaban J connectivity index is 3.34. The van der Waals surface area contributed by atoms with Gasteiger partial charge in [-0.3, -0.25) is 9.80 Å². The third-order valence-corrected chi connectivity index (χ3v) is 0.745. The smallest absolute Gasteiger partial charge is 0.233 e. The van der Waals surface area contributed by atoms with Crippen molar-refractivity contribution in [2.45, 2.75) is 13.8 Å². The second-order valence-electron chi connectivity index (χ2n) is 1.31. The number of hydrogen-bond acceptors (Lipinski definition) is 2. The molecule has 0 aliphatic heterocycles. The molecule has 0 aliphatic rings. The van der Waals surface area contributed by atoms with E-state index < -0.39 is 0 Å². The fourth-order valence-electron chi connectivity index (χ4n) is 0.223. The summed E-state index contributed by atoms with van der Waals surface area (Å²) in [6, 6.07) is 0. The van der Waals surface area contributed by atoms with Crippen molar-refractivity contribution >= 4 is 5.91 Å². The van der Waals surface area contributed by atoms with Gasteiger partial charge in [0.15, 0.2) is 0 Å². The summed E-state index contributed by atoms with van der Waals surface area (Å²) in [7, 11) is 0. The first-order chi connectivity index (χ1) is 3.18. The molecule has 0 unspecified atom stereocenters. The van der Waals surface area contributed by atoms with E-state index in [0.29, 0.717) is 6.54 Å². The van der Waals surface area contributed by atoms with Crippen LogP contribution in [0.2, 0.25) is 0 Å². The van der Waals surface area contributed by atoms with Crippen molar-refractivity contribution in [3.63, 3.8) is 0 Å². The van der Waals surface area contributed by atoms with Crippen LogP contribution in [0.15, 0.2) is 0 Å². The average Bonchev–Trinajstić information content (AvgIpc) is 1.65. The van der Waals surface area contributed by atoms with Gasteiger partial charge in [0.05, 0.1) is 0 Å². The molecule has 1 amide bonds. The zero-order valence-corrected chi connectivity index (χ0v) is 4.64. The number of hydrogen-bond donors (Lipinski definition) is 1. The van der Waals surface area contributed by atoms with Crippen molar-refractivity contribution in [1.29, 1.82) is 0 Å². The van der Waals surface area contributed by atoms with Gasteiger partial charge in [0.1, 0.15) is 0 Å². The van der Waals surface area contributed by atoms with Gasteiger partial charge in [-0.05, 0) is 6.92 Å². The van der Waals surface area contributed by atoms with Gasteiger partial charge in [-0.15, -0.1) is 0 Å². The molecule has 0 rings (SSSR count). The SMILES string of the molecule is CCN(N)C(C)=O. The lowest BCUT2D eigenvalue weighted by atomic mass is 10.6. The van der Waals surface area contributed by atoms with Crippen LogP contribution in [0.5, 0.6) is 0 Å². The Morgan fingerprint density at radius 1 is 1.86 bits per heavy atom. The summed E-state index contributed by atoms with van der Waals surface area (Å²) in [5.41, 5.74) is 0. The molecule has 42 valence electrons. The molecule has 0 aromatic heterocycles. The Hall–Kier alpha value is -0.570. The molecule has 0 radical (unpaired) electrons. The van der Waals surface area contributed by atoms with Crippen molar-refractivity contribution in [3.8, 4) is 0 Å². The number of hydrazine groups is 1. The number of rotatable bonds is 1. The Morgan fingerprint density at radius 3 is 2.29 bits per heavy atom. The van der Waals surface area contributed by atoms with Crippen LogP contribution in [0, 0.1) is 0 Å². The number of carbonyl (C=O) groups excluding carboxylic acids is 1. The topological polar surface area (TPSA) is 46.3 Å². The largest absolute Gasteiger partial charge is 0.281 e. The van der Waals surface area contributed by atoms with Crippen molar-refractivity contribution in [2.75, 3.05) is 6.54 Å². The molecule has 0 aliphatic carbocycles. The number of amides is 1. The van der Waals surface area contributed by atoms with E-state index in [9.17, 15) is 4.79 Å². The lowest BCUT2D eigenvalue weighted by molar-refractivity contribution is -0.128. The van der Waals surface area contributed by atoms with Gasteiger partial charge in [0.2, 0.25) is 5.91 Å². The molecule has 2 N–H and O–H groups in total. The number of carbonyl (C=O) groups is 1.